The third kappa shape index (κ3) is 3.87. The highest BCUT2D eigenvalue weighted by Gasteiger charge is 2.14. The van der Waals surface area contributed by atoms with E-state index < -0.39 is 0 Å². The molecule has 1 aliphatic rings. The van der Waals surface area contributed by atoms with Crippen molar-refractivity contribution in [1.29, 1.82) is 0 Å². The van der Waals surface area contributed by atoms with Crippen LogP contribution >= 0.6 is 27.5 Å². The summed E-state index contributed by atoms with van der Waals surface area (Å²) in [5.74, 6) is 0. The summed E-state index contributed by atoms with van der Waals surface area (Å²) < 4.78 is 6.68. The minimum absolute atomic E-state index is 0.483. The zero-order valence-electron chi connectivity index (χ0n) is 10.6. The maximum absolute atomic E-state index is 6.12. The molecule has 100 valence electrons. The van der Waals surface area contributed by atoms with Gasteiger partial charge in [-0.2, -0.15) is 0 Å². The second kappa shape index (κ2) is 6.78. The number of hydrogen-bond donors (Lipinski definition) is 1. The second-order valence-electron chi connectivity index (χ2n) is 4.79. The van der Waals surface area contributed by atoms with E-state index >= 15 is 0 Å². The van der Waals surface area contributed by atoms with Gasteiger partial charge in [0, 0.05) is 28.3 Å². The largest absolute Gasteiger partial charge is 0.384 e. The Morgan fingerprint density at radius 2 is 2.33 bits per heavy atom. The Balaban J connectivity index is 1.77. The maximum atomic E-state index is 6.12. The number of anilines is 1. The van der Waals surface area contributed by atoms with E-state index in [4.69, 9.17) is 16.3 Å². The molecule has 1 saturated heterocycles. The summed E-state index contributed by atoms with van der Waals surface area (Å²) >= 11 is 9.68. The van der Waals surface area contributed by atoms with Gasteiger partial charge in [0.2, 0.25) is 0 Å². The molecule has 1 unspecified atom stereocenters. The first kappa shape index (κ1) is 14.2. The minimum atomic E-state index is 0.483. The van der Waals surface area contributed by atoms with Gasteiger partial charge >= 0.3 is 0 Å². The van der Waals surface area contributed by atoms with E-state index in [2.05, 4.69) is 21.2 Å². The monoisotopic (exact) mass is 331 g/mol. The van der Waals surface area contributed by atoms with Crippen LogP contribution in [0.1, 0.15) is 31.2 Å². The molecule has 1 aromatic carbocycles. The van der Waals surface area contributed by atoms with Crippen LogP contribution in [0.4, 0.5) is 5.69 Å². The molecule has 2 nitrogen and oxygen atoms in total. The fourth-order valence-corrected chi connectivity index (χ4v) is 2.97. The van der Waals surface area contributed by atoms with E-state index in [1.54, 1.807) is 0 Å². The molecule has 1 fully saturated rings. The van der Waals surface area contributed by atoms with Crippen molar-refractivity contribution in [3.05, 3.63) is 27.2 Å². The summed E-state index contributed by atoms with van der Waals surface area (Å²) in [6.07, 6.45) is 5.20. The highest BCUT2D eigenvalue weighted by Crippen LogP contribution is 2.29. The van der Waals surface area contributed by atoms with Gasteiger partial charge in [-0.25, -0.2) is 0 Å². The lowest BCUT2D eigenvalue weighted by atomic mass is 10.1. The normalized spacial score (nSPS) is 19.2. The van der Waals surface area contributed by atoms with E-state index in [1.165, 1.54) is 12.8 Å². The second-order valence-corrected chi connectivity index (χ2v) is 6.05. The summed E-state index contributed by atoms with van der Waals surface area (Å²) in [4.78, 5) is 0. The van der Waals surface area contributed by atoms with E-state index in [-0.39, 0.29) is 0 Å². The van der Waals surface area contributed by atoms with E-state index in [0.717, 1.165) is 46.7 Å². The Labute approximate surface area is 122 Å². The number of benzene rings is 1. The topological polar surface area (TPSA) is 21.3 Å². The first-order valence-electron chi connectivity index (χ1n) is 6.48. The van der Waals surface area contributed by atoms with E-state index in [0.29, 0.717) is 6.10 Å². The number of nitrogens with one attached hydrogen (secondary N) is 1. The smallest absolute Gasteiger partial charge is 0.0576 e. The highest BCUT2D eigenvalue weighted by molar-refractivity contribution is 9.10. The fraction of sp³-hybridized carbons (Fsp3) is 0.571. The van der Waals surface area contributed by atoms with Gasteiger partial charge in [-0.15, -0.1) is 0 Å². The zero-order chi connectivity index (χ0) is 13.0. The molecule has 18 heavy (non-hydrogen) atoms. The van der Waals surface area contributed by atoms with Crippen molar-refractivity contribution >= 4 is 33.2 Å². The number of hydrogen-bond acceptors (Lipinski definition) is 2. The lowest BCUT2D eigenvalue weighted by Gasteiger charge is -2.12. The minimum Gasteiger partial charge on any atom is -0.384 e. The molecule has 1 N–H and O–H groups in total. The summed E-state index contributed by atoms with van der Waals surface area (Å²) in [6, 6.07) is 4.03. The molecule has 0 aliphatic carbocycles. The highest BCUT2D eigenvalue weighted by atomic mass is 79.9. The van der Waals surface area contributed by atoms with Crippen LogP contribution < -0.4 is 5.32 Å². The molecule has 0 radical (unpaired) electrons. The van der Waals surface area contributed by atoms with Crippen LogP contribution in [0.15, 0.2) is 16.6 Å². The molecule has 0 amide bonds. The number of ether oxygens (including phenoxy) is 1. The fourth-order valence-electron chi connectivity index (χ4n) is 2.21. The molecular formula is C14H19BrClNO. The molecule has 1 aliphatic heterocycles. The molecule has 1 aromatic rings. The van der Waals surface area contributed by atoms with Crippen LogP contribution in [0.3, 0.4) is 0 Å². The van der Waals surface area contributed by atoms with Gasteiger partial charge < -0.3 is 10.1 Å². The summed E-state index contributed by atoms with van der Waals surface area (Å²) in [6.45, 7) is 3.91. The third-order valence-electron chi connectivity index (χ3n) is 3.29. The number of halogens is 2. The van der Waals surface area contributed by atoms with Gasteiger partial charge in [0.15, 0.2) is 0 Å². The Kier molecular flexibility index (Phi) is 5.34. The lowest BCUT2D eigenvalue weighted by molar-refractivity contribution is 0.103. The molecule has 0 saturated carbocycles. The van der Waals surface area contributed by atoms with Crippen LogP contribution in [0.2, 0.25) is 5.02 Å². The maximum Gasteiger partial charge on any atom is 0.0576 e. The summed E-state index contributed by atoms with van der Waals surface area (Å²) in [7, 11) is 0. The molecule has 0 spiro atoms. The zero-order valence-corrected chi connectivity index (χ0v) is 13.0. The molecule has 2 rings (SSSR count). The van der Waals surface area contributed by atoms with Crippen molar-refractivity contribution in [2.75, 3.05) is 18.5 Å². The van der Waals surface area contributed by atoms with Gasteiger partial charge in [0.05, 0.1) is 6.10 Å². The molecule has 1 atom stereocenters. The first-order valence-corrected chi connectivity index (χ1v) is 7.65. The molecule has 0 bridgehead atoms. The average molecular weight is 333 g/mol. The van der Waals surface area contributed by atoms with Gasteiger partial charge in [-0.3, -0.25) is 0 Å². The van der Waals surface area contributed by atoms with Crippen LogP contribution in [0, 0.1) is 6.92 Å². The SMILES string of the molecule is Cc1cc(Br)c(NCCCC2CCCO2)cc1Cl. The molecule has 0 aromatic heterocycles. The van der Waals surface area contributed by atoms with Crippen LogP contribution in [-0.2, 0) is 4.74 Å². The molecule has 4 heteroatoms. The Bertz CT molecular complexity index is 405. The summed E-state index contributed by atoms with van der Waals surface area (Å²) in [5.41, 5.74) is 2.16. The average Bonchev–Trinajstić information content (AvgIpc) is 2.84. The van der Waals surface area contributed by atoms with Crippen LogP contribution in [0.25, 0.3) is 0 Å². The molecule has 1 heterocycles. The van der Waals surface area contributed by atoms with Crippen molar-refractivity contribution in [3.63, 3.8) is 0 Å². The van der Waals surface area contributed by atoms with E-state index in [9.17, 15) is 0 Å². The quantitative estimate of drug-likeness (QED) is 0.783. The van der Waals surface area contributed by atoms with Crippen LogP contribution in [-0.4, -0.2) is 19.3 Å². The van der Waals surface area contributed by atoms with Gasteiger partial charge in [-0.05, 0) is 66.2 Å². The van der Waals surface area contributed by atoms with Gasteiger partial charge in [0.25, 0.3) is 0 Å². The van der Waals surface area contributed by atoms with Crippen molar-refractivity contribution < 1.29 is 4.74 Å². The van der Waals surface area contributed by atoms with E-state index in [1.807, 2.05) is 19.1 Å². The third-order valence-corrected chi connectivity index (χ3v) is 4.35. The predicted octanol–water partition coefficient (Wildman–Crippen LogP) is 4.78. The summed E-state index contributed by atoms with van der Waals surface area (Å²) in [5, 5.41) is 4.22. The Morgan fingerprint density at radius 3 is 3.06 bits per heavy atom. The molecular weight excluding hydrogens is 314 g/mol. The number of rotatable bonds is 5. The number of aryl methyl sites for hydroxylation is 1. The van der Waals surface area contributed by atoms with Gasteiger partial charge in [-0.1, -0.05) is 11.6 Å². The first-order chi connectivity index (χ1) is 8.66. The Morgan fingerprint density at radius 1 is 1.50 bits per heavy atom. The Hall–Kier alpha value is -0.250. The lowest BCUT2D eigenvalue weighted by Crippen LogP contribution is -2.09. The van der Waals surface area contributed by atoms with Gasteiger partial charge in [0.1, 0.15) is 0 Å². The van der Waals surface area contributed by atoms with Crippen LogP contribution in [0.5, 0.6) is 0 Å². The standard InChI is InChI=1S/C14H19BrClNO/c1-10-8-12(15)14(9-13(10)16)17-6-2-4-11-5-3-7-18-11/h8-9,11,17H,2-7H2,1H3. The van der Waals surface area contributed by atoms with Crippen molar-refractivity contribution in [2.24, 2.45) is 0 Å². The van der Waals surface area contributed by atoms with Crippen molar-refractivity contribution in [1.82, 2.24) is 0 Å². The van der Waals surface area contributed by atoms with Crippen molar-refractivity contribution in [3.8, 4) is 0 Å². The van der Waals surface area contributed by atoms with Crippen molar-refractivity contribution in [2.45, 2.75) is 38.7 Å². The predicted molar refractivity (Wildman–Crippen MR) is 80.6 cm³/mol.